The number of carboxylic acid groups (broad SMARTS) is 2. The lowest BCUT2D eigenvalue weighted by atomic mass is 10.1. The summed E-state index contributed by atoms with van der Waals surface area (Å²) in [7, 11) is 0. The lowest BCUT2D eigenvalue weighted by Crippen LogP contribution is -2.39. The molecule has 1 aliphatic rings. The number of aliphatic hydroxyl groups is 2. The van der Waals surface area contributed by atoms with Crippen LogP contribution in [0.2, 0.25) is 5.02 Å². The predicted octanol–water partition coefficient (Wildman–Crippen LogP) is 1.35. The number of benzene rings is 1. The molecular formula is C20H31ClN2O6. The molecule has 9 heteroatoms. The molecule has 0 radical (unpaired) electrons. The Morgan fingerprint density at radius 3 is 2.24 bits per heavy atom. The van der Waals surface area contributed by atoms with Crippen molar-refractivity contribution in [2.75, 3.05) is 19.6 Å². The van der Waals surface area contributed by atoms with E-state index in [-0.39, 0.29) is 0 Å². The first kappa shape index (κ1) is 25.3. The monoisotopic (exact) mass is 430 g/mol. The second-order valence-corrected chi connectivity index (χ2v) is 7.96. The Morgan fingerprint density at radius 1 is 1.21 bits per heavy atom. The zero-order valence-corrected chi connectivity index (χ0v) is 17.8. The summed E-state index contributed by atoms with van der Waals surface area (Å²) >= 11 is 6.44. The minimum absolute atomic E-state index is 0.652. The Kier molecular flexibility index (Phi) is 10.6. The van der Waals surface area contributed by atoms with Crippen LogP contribution in [0.15, 0.2) is 18.2 Å². The molecule has 1 saturated heterocycles. The first-order valence-corrected chi connectivity index (χ1v) is 9.92. The zero-order valence-electron chi connectivity index (χ0n) is 17.0. The van der Waals surface area contributed by atoms with E-state index in [2.05, 4.69) is 49.2 Å². The van der Waals surface area contributed by atoms with Crippen molar-refractivity contribution in [3.8, 4) is 0 Å². The van der Waals surface area contributed by atoms with E-state index in [1.165, 1.54) is 17.5 Å². The van der Waals surface area contributed by atoms with Crippen molar-refractivity contribution in [1.82, 2.24) is 10.2 Å². The first-order chi connectivity index (χ1) is 13.5. The Morgan fingerprint density at radius 2 is 1.79 bits per heavy atom. The van der Waals surface area contributed by atoms with Crippen molar-refractivity contribution in [3.63, 3.8) is 0 Å². The van der Waals surface area contributed by atoms with E-state index in [0.29, 0.717) is 12.0 Å². The fraction of sp³-hybridized carbons (Fsp3) is 0.600. The highest BCUT2D eigenvalue weighted by atomic mass is 35.5. The van der Waals surface area contributed by atoms with Crippen molar-refractivity contribution in [3.05, 3.63) is 34.3 Å². The SMILES string of the molecule is Cc1cccc(CN(CC(C)C)[C@H]2CCNC2)c1Cl.O=C(O)C(O)C(O)C(=O)O. The van der Waals surface area contributed by atoms with Crippen LogP contribution < -0.4 is 5.32 Å². The van der Waals surface area contributed by atoms with Crippen LogP contribution in [0.3, 0.4) is 0 Å². The highest BCUT2D eigenvalue weighted by Crippen LogP contribution is 2.24. The molecule has 164 valence electrons. The van der Waals surface area contributed by atoms with Gasteiger partial charge in [-0.15, -0.1) is 0 Å². The molecule has 2 rings (SSSR count). The number of halogens is 1. The molecule has 0 amide bonds. The normalized spacial score (nSPS) is 18.3. The van der Waals surface area contributed by atoms with E-state index in [4.69, 9.17) is 32.0 Å². The summed E-state index contributed by atoms with van der Waals surface area (Å²) in [5.41, 5.74) is 2.43. The predicted molar refractivity (Wildman–Crippen MR) is 110 cm³/mol. The molecule has 0 aliphatic carbocycles. The van der Waals surface area contributed by atoms with Crippen LogP contribution in [0.5, 0.6) is 0 Å². The Bertz CT molecular complexity index is 661. The van der Waals surface area contributed by atoms with Crippen LogP contribution in [0, 0.1) is 12.8 Å². The number of aryl methyl sites for hydroxylation is 1. The fourth-order valence-corrected chi connectivity index (χ4v) is 3.27. The second kappa shape index (κ2) is 12.1. The van der Waals surface area contributed by atoms with Gasteiger partial charge in [-0.1, -0.05) is 43.6 Å². The summed E-state index contributed by atoms with van der Waals surface area (Å²) in [4.78, 5) is 22.1. The van der Waals surface area contributed by atoms with Gasteiger partial charge in [-0.2, -0.15) is 0 Å². The summed E-state index contributed by atoms with van der Waals surface area (Å²) in [6.45, 7) is 11.0. The van der Waals surface area contributed by atoms with Gasteiger partial charge in [0.15, 0.2) is 12.2 Å². The third-order valence-corrected chi connectivity index (χ3v) is 5.14. The maximum absolute atomic E-state index is 9.77. The third kappa shape index (κ3) is 8.28. The van der Waals surface area contributed by atoms with Crippen molar-refractivity contribution < 1.29 is 30.0 Å². The Labute approximate surface area is 176 Å². The van der Waals surface area contributed by atoms with Crippen molar-refractivity contribution in [2.45, 2.75) is 52.0 Å². The van der Waals surface area contributed by atoms with Gasteiger partial charge in [-0.25, -0.2) is 9.59 Å². The van der Waals surface area contributed by atoms with Crippen molar-refractivity contribution >= 4 is 23.5 Å². The summed E-state index contributed by atoms with van der Waals surface area (Å²) in [5.74, 6) is -2.85. The standard InChI is InChI=1S/C16H25ClN2.C4H6O6/c1-12(2)10-19(15-7-8-18-9-15)11-14-6-4-5-13(3)16(14)17;5-1(3(7)8)2(6)4(9)10/h4-6,12,15,18H,7-11H2,1-3H3;1-2,5-6H,(H,7,8)(H,9,10)/t15-;/m0./s1. The summed E-state index contributed by atoms with van der Waals surface area (Å²) in [6, 6.07) is 7.00. The van der Waals surface area contributed by atoms with Crippen LogP contribution in [-0.2, 0) is 16.1 Å². The molecule has 0 aromatic heterocycles. The van der Waals surface area contributed by atoms with Crippen molar-refractivity contribution in [2.24, 2.45) is 5.92 Å². The van der Waals surface area contributed by atoms with Crippen LogP contribution in [0.1, 0.15) is 31.4 Å². The molecule has 1 heterocycles. The summed E-state index contributed by atoms with van der Waals surface area (Å²) < 4.78 is 0. The van der Waals surface area contributed by atoms with Crippen LogP contribution in [0.4, 0.5) is 0 Å². The molecule has 1 fully saturated rings. The lowest BCUT2D eigenvalue weighted by molar-refractivity contribution is -0.165. The van der Waals surface area contributed by atoms with E-state index >= 15 is 0 Å². The number of rotatable bonds is 8. The molecule has 1 aromatic rings. The number of carboxylic acids is 2. The largest absolute Gasteiger partial charge is 0.479 e. The van der Waals surface area contributed by atoms with E-state index in [1.807, 2.05) is 0 Å². The molecule has 2 unspecified atom stereocenters. The van der Waals surface area contributed by atoms with E-state index < -0.39 is 24.1 Å². The summed E-state index contributed by atoms with van der Waals surface area (Å²) in [6.07, 6.45) is -3.29. The van der Waals surface area contributed by atoms with Gasteiger partial charge in [0, 0.05) is 30.7 Å². The number of carbonyl (C=O) groups is 2. The van der Waals surface area contributed by atoms with Gasteiger partial charge >= 0.3 is 11.9 Å². The minimum Gasteiger partial charge on any atom is -0.479 e. The van der Waals surface area contributed by atoms with E-state index in [9.17, 15) is 9.59 Å². The van der Waals surface area contributed by atoms with Gasteiger partial charge in [0.2, 0.25) is 0 Å². The molecule has 0 saturated carbocycles. The average molecular weight is 431 g/mol. The highest BCUT2D eigenvalue weighted by molar-refractivity contribution is 6.32. The fourth-order valence-electron chi connectivity index (χ4n) is 3.08. The minimum atomic E-state index is -2.27. The second-order valence-electron chi connectivity index (χ2n) is 7.58. The number of aliphatic hydroxyl groups excluding tert-OH is 2. The van der Waals surface area contributed by atoms with Gasteiger partial charge in [-0.3, -0.25) is 4.90 Å². The van der Waals surface area contributed by atoms with Gasteiger partial charge in [-0.05, 0) is 36.9 Å². The molecule has 1 aliphatic heterocycles. The summed E-state index contributed by atoms with van der Waals surface area (Å²) in [5, 5.41) is 36.9. The lowest BCUT2D eigenvalue weighted by Gasteiger charge is -2.30. The molecule has 3 atom stereocenters. The highest BCUT2D eigenvalue weighted by Gasteiger charge is 2.29. The molecule has 8 nitrogen and oxygen atoms in total. The van der Waals surface area contributed by atoms with Crippen molar-refractivity contribution in [1.29, 1.82) is 0 Å². The average Bonchev–Trinajstić information content (AvgIpc) is 3.18. The third-order valence-electron chi connectivity index (χ3n) is 4.60. The number of hydrogen-bond donors (Lipinski definition) is 5. The quantitative estimate of drug-likeness (QED) is 0.417. The van der Waals surface area contributed by atoms with Crippen LogP contribution >= 0.6 is 11.6 Å². The number of aliphatic carboxylic acids is 2. The van der Waals surface area contributed by atoms with Crippen LogP contribution in [0.25, 0.3) is 0 Å². The van der Waals surface area contributed by atoms with E-state index in [0.717, 1.165) is 31.2 Å². The topological polar surface area (TPSA) is 130 Å². The number of hydrogen-bond acceptors (Lipinski definition) is 6. The molecule has 0 spiro atoms. The van der Waals surface area contributed by atoms with E-state index in [1.54, 1.807) is 0 Å². The number of nitrogens with one attached hydrogen (secondary N) is 1. The Balaban J connectivity index is 0.000000359. The van der Waals surface area contributed by atoms with Gasteiger partial charge in [0.05, 0.1) is 0 Å². The van der Waals surface area contributed by atoms with Gasteiger partial charge in [0.1, 0.15) is 0 Å². The molecule has 29 heavy (non-hydrogen) atoms. The smallest absolute Gasteiger partial charge is 0.335 e. The maximum atomic E-state index is 9.77. The number of nitrogens with zero attached hydrogens (tertiary/aromatic N) is 1. The first-order valence-electron chi connectivity index (χ1n) is 9.55. The van der Waals surface area contributed by atoms with Gasteiger partial charge in [0.25, 0.3) is 0 Å². The maximum Gasteiger partial charge on any atom is 0.335 e. The Hall–Kier alpha value is -1.71. The zero-order chi connectivity index (χ0) is 22.1. The molecule has 0 bridgehead atoms. The molecule has 5 N–H and O–H groups in total. The van der Waals surface area contributed by atoms with Gasteiger partial charge < -0.3 is 25.7 Å². The molecule has 1 aromatic carbocycles. The molecular weight excluding hydrogens is 400 g/mol. The van der Waals surface area contributed by atoms with Crippen LogP contribution in [-0.4, -0.2) is 75.1 Å².